The molecule has 7 heteroatoms. The van der Waals surface area contributed by atoms with Crippen LogP contribution in [0.2, 0.25) is 0 Å². The molecule has 1 aliphatic heterocycles. The lowest BCUT2D eigenvalue weighted by Crippen LogP contribution is -2.41. The summed E-state index contributed by atoms with van der Waals surface area (Å²) in [5, 5.41) is 7.67. The van der Waals surface area contributed by atoms with Crippen LogP contribution in [-0.4, -0.2) is 37.6 Å². The van der Waals surface area contributed by atoms with Gasteiger partial charge in [-0.1, -0.05) is 30.3 Å². The van der Waals surface area contributed by atoms with Crippen molar-refractivity contribution in [1.82, 2.24) is 15.6 Å². The van der Waals surface area contributed by atoms with Crippen LogP contribution in [0.15, 0.2) is 59.5 Å². The number of amides is 1. The molecule has 3 fully saturated rings. The molecule has 182 valence electrons. The molecule has 2 heterocycles. The number of hydrogen-bond acceptors (Lipinski definition) is 5. The lowest BCUT2D eigenvalue weighted by molar-refractivity contribution is 0.0930. The van der Waals surface area contributed by atoms with E-state index in [-0.39, 0.29) is 23.7 Å². The summed E-state index contributed by atoms with van der Waals surface area (Å²) < 4.78 is 25.4. The minimum atomic E-state index is -3.27. The molecule has 1 amide bonds. The van der Waals surface area contributed by atoms with Crippen LogP contribution in [-0.2, 0) is 9.84 Å². The fourth-order valence-electron chi connectivity index (χ4n) is 5.18. The second kappa shape index (κ2) is 9.03. The molecule has 2 atom stereocenters. The van der Waals surface area contributed by atoms with E-state index in [1.165, 1.54) is 0 Å². The molecular formula is C28H31N3O3S. The zero-order chi connectivity index (χ0) is 24.0. The van der Waals surface area contributed by atoms with Gasteiger partial charge in [-0.25, -0.2) is 8.42 Å². The summed E-state index contributed by atoms with van der Waals surface area (Å²) >= 11 is 0. The maximum atomic E-state index is 13.7. The number of aromatic nitrogens is 1. The predicted octanol–water partition coefficient (Wildman–Crippen LogP) is 4.52. The zero-order valence-electron chi connectivity index (χ0n) is 19.7. The Bertz CT molecular complexity index is 1360. The Morgan fingerprint density at radius 3 is 2.49 bits per heavy atom. The first-order valence-electron chi connectivity index (χ1n) is 12.7. The van der Waals surface area contributed by atoms with Crippen molar-refractivity contribution in [3.8, 4) is 0 Å². The molecule has 1 saturated heterocycles. The minimum Gasteiger partial charge on any atom is -0.344 e. The van der Waals surface area contributed by atoms with Gasteiger partial charge >= 0.3 is 0 Å². The lowest BCUT2D eigenvalue weighted by Gasteiger charge is -2.26. The molecule has 0 unspecified atom stereocenters. The minimum absolute atomic E-state index is 0.101. The van der Waals surface area contributed by atoms with Crippen molar-refractivity contribution in [2.24, 2.45) is 5.92 Å². The van der Waals surface area contributed by atoms with Crippen molar-refractivity contribution in [1.29, 1.82) is 0 Å². The van der Waals surface area contributed by atoms with E-state index in [0.717, 1.165) is 67.2 Å². The molecule has 2 aromatic carbocycles. The third-order valence-electron chi connectivity index (χ3n) is 7.51. The van der Waals surface area contributed by atoms with Crippen LogP contribution in [0.4, 0.5) is 0 Å². The van der Waals surface area contributed by atoms with Crippen LogP contribution in [0, 0.1) is 5.92 Å². The molecule has 6 nitrogen and oxygen atoms in total. The van der Waals surface area contributed by atoms with Gasteiger partial charge in [-0.3, -0.25) is 9.78 Å². The molecule has 2 saturated carbocycles. The summed E-state index contributed by atoms with van der Waals surface area (Å²) in [6.07, 6.45) is 6.26. The molecule has 0 bridgehead atoms. The van der Waals surface area contributed by atoms with Crippen LogP contribution < -0.4 is 10.6 Å². The molecule has 35 heavy (non-hydrogen) atoms. The number of para-hydroxylation sites is 1. The molecule has 2 N–H and O–H groups in total. The average molecular weight is 490 g/mol. The van der Waals surface area contributed by atoms with Gasteiger partial charge in [0, 0.05) is 23.0 Å². The standard InChI is InChI=1S/C28H31N3O3S/c32-28(23-16-26(19-9-10-19)30-24-5-2-1-4-22(23)24)31-27(25-6-3-15-29-25)20-11-13-21(14-12-20)35(33,34)17-18-7-8-18/h1-2,4-5,11-14,16,18-19,25,27,29H,3,6-10,15,17H2,(H,31,32)/t25-,27-/m0/s1. The quantitative estimate of drug-likeness (QED) is 0.486. The Labute approximate surface area is 206 Å². The highest BCUT2D eigenvalue weighted by Crippen LogP contribution is 2.40. The highest BCUT2D eigenvalue weighted by Gasteiger charge is 2.32. The van der Waals surface area contributed by atoms with Crippen molar-refractivity contribution in [3.63, 3.8) is 0 Å². The van der Waals surface area contributed by atoms with E-state index in [2.05, 4.69) is 10.6 Å². The molecule has 0 spiro atoms. The van der Waals surface area contributed by atoms with E-state index in [4.69, 9.17) is 4.98 Å². The number of pyridine rings is 1. The Balaban J connectivity index is 1.30. The number of hydrogen-bond donors (Lipinski definition) is 2. The lowest BCUT2D eigenvalue weighted by atomic mass is 9.97. The Morgan fingerprint density at radius 2 is 1.80 bits per heavy atom. The molecule has 3 aromatic rings. The number of nitrogens with zero attached hydrogens (tertiary/aromatic N) is 1. The summed E-state index contributed by atoms with van der Waals surface area (Å²) in [4.78, 5) is 18.9. The highest BCUT2D eigenvalue weighted by atomic mass is 32.2. The van der Waals surface area contributed by atoms with Crippen molar-refractivity contribution < 1.29 is 13.2 Å². The second-order valence-corrected chi connectivity index (χ2v) is 12.4. The zero-order valence-corrected chi connectivity index (χ0v) is 20.6. The van der Waals surface area contributed by atoms with Gasteiger partial charge in [0.1, 0.15) is 0 Å². The molecular weight excluding hydrogens is 458 g/mol. The summed E-state index contributed by atoms with van der Waals surface area (Å²) in [5.74, 6) is 0.873. The Hall–Kier alpha value is -2.77. The highest BCUT2D eigenvalue weighted by molar-refractivity contribution is 7.91. The van der Waals surface area contributed by atoms with Gasteiger partial charge in [-0.2, -0.15) is 0 Å². The summed E-state index contributed by atoms with van der Waals surface area (Å²) in [5.41, 5.74) is 3.42. The van der Waals surface area contributed by atoms with Crippen LogP contribution in [0.5, 0.6) is 0 Å². The number of benzene rings is 2. The van der Waals surface area contributed by atoms with Crippen LogP contribution in [0.3, 0.4) is 0 Å². The monoisotopic (exact) mass is 489 g/mol. The first-order valence-corrected chi connectivity index (χ1v) is 14.4. The van der Waals surface area contributed by atoms with Crippen molar-refractivity contribution in [2.75, 3.05) is 12.3 Å². The van der Waals surface area contributed by atoms with Crippen molar-refractivity contribution in [2.45, 2.75) is 61.4 Å². The number of rotatable bonds is 8. The van der Waals surface area contributed by atoms with Gasteiger partial charge in [0.15, 0.2) is 9.84 Å². The van der Waals surface area contributed by atoms with E-state index in [1.54, 1.807) is 12.1 Å². The Morgan fingerprint density at radius 1 is 1.03 bits per heavy atom. The molecule has 1 aromatic heterocycles. The van der Waals surface area contributed by atoms with E-state index in [1.807, 2.05) is 42.5 Å². The normalized spacial score (nSPS) is 21.2. The fraction of sp³-hybridized carbons (Fsp3) is 0.429. The first kappa shape index (κ1) is 22.7. The van der Waals surface area contributed by atoms with Gasteiger partial charge in [-0.15, -0.1) is 0 Å². The second-order valence-electron chi connectivity index (χ2n) is 10.3. The first-order chi connectivity index (χ1) is 17.0. The number of nitrogens with one attached hydrogen (secondary N) is 2. The number of fused-ring (bicyclic) bond motifs is 1. The van der Waals surface area contributed by atoms with Crippen molar-refractivity contribution >= 4 is 26.6 Å². The summed E-state index contributed by atoms with van der Waals surface area (Å²) in [6.45, 7) is 0.912. The molecule has 6 rings (SSSR count). The van der Waals surface area contributed by atoms with Gasteiger partial charge in [0.25, 0.3) is 5.91 Å². The third kappa shape index (κ3) is 4.84. The number of carbonyl (C=O) groups is 1. The van der Waals surface area contributed by atoms with E-state index >= 15 is 0 Å². The fourth-order valence-corrected chi connectivity index (χ4v) is 6.87. The molecule has 3 aliphatic rings. The van der Waals surface area contributed by atoms with Gasteiger partial charge in [-0.05, 0) is 80.8 Å². The van der Waals surface area contributed by atoms with Crippen LogP contribution >= 0.6 is 0 Å². The molecule has 0 radical (unpaired) electrons. The van der Waals surface area contributed by atoms with Gasteiger partial charge in [0.05, 0.1) is 27.8 Å². The Kier molecular flexibility index (Phi) is 5.85. The number of sulfone groups is 1. The maximum Gasteiger partial charge on any atom is 0.252 e. The topological polar surface area (TPSA) is 88.2 Å². The number of carbonyl (C=O) groups excluding carboxylic acids is 1. The summed E-state index contributed by atoms with van der Waals surface area (Å²) in [7, 11) is -3.27. The SMILES string of the molecule is O=C(N[C@@H](c1ccc(S(=O)(=O)CC2CC2)cc1)[C@@H]1CCCN1)c1cc(C2CC2)nc2ccccc12. The van der Waals surface area contributed by atoms with Gasteiger partial charge < -0.3 is 10.6 Å². The summed E-state index contributed by atoms with van der Waals surface area (Å²) in [6, 6.07) is 16.8. The van der Waals surface area contributed by atoms with Crippen molar-refractivity contribution in [3.05, 3.63) is 71.4 Å². The third-order valence-corrected chi connectivity index (χ3v) is 9.41. The molecule has 2 aliphatic carbocycles. The van der Waals surface area contributed by atoms with Crippen LogP contribution in [0.1, 0.15) is 72.1 Å². The van der Waals surface area contributed by atoms with E-state index < -0.39 is 9.84 Å². The van der Waals surface area contributed by atoms with Crippen LogP contribution in [0.25, 0.3) is 10.9 Å². The van der Waals surface area contributed by atoms with E-state index in [9.17, 15) is 13.2 Å². The average Bonchev–Trinajstić information content (AvgIpc) is 3.81. The maximum absolute atomic E-state index is 13.7. The smallest absolute Gasteiger partial charge is 0.252 e. The largest absolute Gasteiger partial charge is 0.344 e. The predicted molar refractivity (Wildman–Crippen MR) is 136 cm³/mol. The van der Waals surface area contributed by atoms with Gasteiger partial charge in [0.2, 0.25) is 0 Å². The van der Waals surface area contributed by atoms with E-state index in [0.29, 0.717) is 22.3 Å².